The van der Waals surface area contributed by atoms with E-state index in [1.807, 2.05) is 36.2 Å². The molecule has 2 aromatic rings. The minimum Gasteiger partial charge on any atom is -0.462 e. The first kappa shape index (κ1) is 19.0. The SMILES string of the molecule is CCOC(=O)c1ccc(NC(=O)CN(C)Cc2ccccc2Cl)cc1. The molecule has 0 aliphatic heterocycles. The summed E-state index contributed by atoms with van der Waals surface area (Å²) < 4.78 is 4.92. The van der Waals surface area contributed by atoms with E-state index in [1.165, 1.54) is 0 Å². The van der Waals surface area contributed by atoms with Crippen LogP contribution >= 0.6 is 11.6 Å². The zero-order valence-electron chi connectivity index (χ0n) is 14.3. The Bertz CT molecular complexity index is 732. The first-order chi connectivity index (χ1) is 12.0. The van der Waals surface area contributed by atoms with Crippen LogP contribution in [0.4, 0.5) is 5.69 Å². The van der Waals surface area contributed by atoms with Gasteiger partial charge in [-0.15, -0.1) is 0 Å². The predicted molar refractivity (Wildman–Crippen MR) is 98.8 cm³/mol. The molecule has 2 aromatic carbocycles. The van der Waals surface area contributed by atoms with Gasteiger partial charge in [-0.2, -0.15) is 0 Å². The lowest BCUT2D eigenvalue weighted by molar-refractivity contribution is -0.117. The molecule has 0 fully saturated rings. The summed E-state index contributed by atoms with van der Waals surface area (Å²) in [6.07, 6.45) is 0. The quantitative estimate of drug-likeness (QED) is 0.766. The van der Waals surface area contributed by atoms with Crippen LogP contribution in [0.5, 0.6) is 0 Å². The fraction of sp³-hybridized carbons (Fsp3) is 0.263. The summed E-state index contributed by atoms with van der Waals surface area (Å²) >= 11 is 6.13. The lowest BCUT2D eigenvalue weighted by Crippen LogP contribution is -2.29. The highest BCUT2D eigenvalue weighted by molar-refractivity contribution is 6.31. The number of likely N-dealkylation sites (N-methyl/N-ethyl adjacent to an activating group) is 1. The van der Waals surface area contributed by atoms with Crippen molar-refractivity contribution in [3.63, 3.8) is 0 Å². The normalized spacial score (nSPS) is 10.6. The number of benzene rings is 2. The Morgan fingerprint density at radius 1 is 1.12 bits per heavy atom. The van der Waals surface area contributed by atoms with Gasteiger partial charge in [-0.3, -0.25) is 9.69 Å². The third-order valence-electron chi connectivity index (χ3n) is 3.49. The van der Waals surface area contributed by atoms with Crippen LogP contribution in [-0.4, -0.2) is 37.0 Å². The second kappa shape index (κ2) is 9.20. The van der Waals surface area contributed by atoms with Crippen LogP contribution in [0.25, 0.3) is 0 Å². The zero-order chi connectivity index (χ0) is 18.2. The maximum Gasteiger partial charge on any atom is 0.338 e. The van der Waals surface area contributed by atoms with Gasteiger partial charge in [0.15, 0.2) is 0 Å². The van der Waals surface area contributed by atoms with Gasteiger partial charge in [0.2, 0.25) is 5.91 Å². The largest absolute Gasteiger partial charge is 0.462 e. The van der Waals surface area contributed by atoms with Crippen molar-refractivity contribution in [1.82, 2.24) is 4.90 Å². The van der Waals surface area contributed by atoms with Crippen molar-refractivity contribution in [3.05, 3.63) is 64.7 Å². The van der Waals surface area contributed by atoms with Crippen LogP contribution in [0.3, 0.4) is 0 Å². The minimum absolute atomic E-state index is 0.140. The molecule has 1 N–H and O–H groups in total. The molecule has 0 saturated heterocycles. The third kappa shape index (κ3) is 5.89. The molecular weight excluding hydrogens is 340 g/mol. The summed E-state index contributed by atoms with van der Waals surface area (Å²) in [5.74, 6) is -0.515. The van der Waals surface area contributed by atoms with Crippen molar-refractivity contribution in [1.29, 1.82) is 0 Å². The van der Waals surface area contributed by atoms with Gasteiger partial charge in [0, 0.05) is 17.3 Å². The number of halogens is 1. The fourth-order valence-corrected chi connectivity index (χ4v) is 2.52. The summed E-state index contributed by atoms with van der Waals surface area (Å²) in [6, 6.07) is 14.2. The molecule has 0 radical (unpaired) electrons. The van der Waals surface area contributed by atoms with Gasteiger partial charge in [-0.1, -0.05) is 29.8 Å². The number of anilines is 1. The Labute approximate surface area is 152 Å². The average molecular weight is 361 g/mol. The van der Waals surface area contributed by atoms with Gasteiger partial charge in [0.05, 0.1) is 18.7 Å². The highest BCUT2D eigenvalue weighted by Crippen LogP contribution is 2.16. The maximum absolute atomic E-state index is 12.1. The molecular formula is C19H21ClN2O3. The molecule has 0 atom stereocenters. The number of nitrogens with zero attached hydrogens (tertiary/aromatic N) is 1. The highest BCUT2D eigenvalue weighted by Gasteiger charge is 2.10. The van der Waals surface area contributed by atoms with Crippen LogP contribution < -0.4 is 5.32 Å². The molecule has 0 aliphatic carbocycles. The summed E-state index contributed by atoms with van der Waals surface area (Å²) in [6.45, 7) is 2.89. The van der Waals surface area contributed by atoms with Crippen molar-refractivity contribution < 1.29 is 14.3 Å². The molecule has 0 aromatic heterocycles. The average Bonchev–Trinajstić information content (AvgIpc) is 2.57. The van der Waals surface area contributed by atoms with E-state index in [0.29, 0.717) is 29.4 Å². The monoisotopic (exact) mass is 360 g/mol. The van der Waals surface area contributed by atoms with E-state index in [9.17, 15) is 9.59 Å². The van der Waals surface area contributed by atoms with E-state index in [2.05, 4.69) is 5.32 Å². The van der Waals surface area contributed by atoms with Crippen molar-refractivity contribution in [2.75, 3.05) is 25.5 Å². The number of ether oxygens (including phenoxy) is 1. The Kier molecular flexibility index (Phi) is 6.98. The summed E-state index contributed by atoms with van der Waals surface area (Å²) in [5, 5.41) is 3.49. The van der Waals surface area contributed by atoms with Crippen LogP contribution in [-0.2, 0) is 16.1 Å². The van der Waals surface area contributed by atoms with Gasteiger partial charge >= 0.3 is 5.97 Å². The first-order valence-electron chi connectivity index (χ1n) is 7.98. The molecule has 0 bridgehead atoms. The molecule has 0 spiro atoms. The molecule has 25 heavy (non-hydrogen) atoms. The lowest BCUT2D eigenvalue weighted by atomic mass is 10.2. The number of esters is 1. The van der Waals surface area contributed by atoms with E-state index in [-0.39, 0.29) is 18.4 Å². The predicted octanol–water partition coefficient (Wildman–Crippen LogP) is 3.59. The maximum atomic E-state index is 12.1. The zero-order valence-corrected chi connectivity index (χ0v) is 15.0. The Balaban J connectivity index is 1.87. The lowest BCUT2D eigenvalue weighted by Gasteiger charge is -2.17. The molecule has 5 nitrogen and oxygen atoms in total. The number of carbonyl (C=O) groups is 2. The molecule has 6 heteroatoms. The third-order valence-corrected chi connectivity index (χ3v) is 3.86. The highest BCUT2D eigenvalue weighted by atomic mass is 35.5. The topological polar surface area (TPSA) is 58.6 Å². The summed E-state index contributed by atoms with van der Waals surface area (Å²) in [5.41, 5.74) is 2.05. The van der Waals surface area contributed by atoms with Gasteiger partial charge in [-0.05, 0) is 49.9 Å². The van der Waals surface area contributed by atoms with Crippen LogP contribution in [0.15, 0.2) is 48.5 Å². The summed E-state index contributed by atoms with van der Waals surface area (Å²) in [7, 11) is 1.85. The Hall–Kier alpha value is -2.37. The molecule has 0 heterocycles. The van der Waals surface area contributed by atoms with E-state index < -0.39 is 0 Å². The fourth-order valence-electron chi connectivity index (χ4n) is 2.32. The number of hydrogen-bond donors (Lipinski definition) is 1. The standard InChI is InChI=1S/C19H21ClN2O3/c1-3-25-19(24)14-8-10-16(11-9-14)21-18(23)13-22(2)12-15-6-4-5-7-17(15)20/h4-11H,3,12-13H2,1-2H3,(H,21,23). The van der Waals surface area contributed by atoms with Crippen LogP contribution in [0.1, 0.15) is 22.8 Å². The number of hydrogen-bond acceptors (Lipinski definition) is 4. The van der Waals surface area contributed by atoms with Gasteiger partial charge < -0.3 is 10.1 Å². The number of carbonyl (C=O) groups excluding carboxylic acids is 2. The van der Waals surface area contributed by atoms with E-state index in [4.69, 9.17) is 16.3 Å². The summed E-state index contributed by atoms with van der Waals surface area (Å²) in [4.78, 5) is 25.6. The van der Waals surface area contributed by atoms with Crippen molar-refractivity contribution in [2.24, 2.45) is 0 Å². The number of amides is 1. The van der Waals surface area contributed by atoms with Crippen molar-refractivity contribution in [2.45, 2.75) is 13.5 Å². The number of rotatable bonds is 7. The Morgan fingerprint density at radius 2 is 1.80 bits per heavy atom. The van der Waals surface area contributed by atoms with Gasteiger partial charge in [0.25, 0.3) is 0 Å². The van der Waals surface area contributed by atoms with Crippen LogP contribution in [0, 0.1) is 0 Å². The first-order valence-corrected chi connectivity index (χ1v) is 8.36. The molecule has 132 valence electrons. The van der Waals surface area contributed by atoms with Crippen LogP contribution in [0.2, 0.25) is 5.02 Å². The smallest absolute Gasteiger partial charge is 0.338 e. The molecule has 1 amide bonds. The van der Waals surface area contributed by atoms with E-state index >= 15 is 0 Å². The Morgan fingerprint density at radius 3 is 2.44 bits per heavy atom. The van der Waals surface area contributed by atoms with Gasteiger partial charge in [-0.25, -0.2) is 4.79 Å². The van der Waals surface area contributed by atoms with E-state index in [1.54, 1.807) is 31.2 Å². The van der Waals surface area contributed by atoms with E-state index in [0.717, 1.165) is 5.56 Å². The van der Waals surface area contributed by atoms with Gasteiger partial charge in [0.1, 0.15) is 0 Å². The second-order valence-corrected chi connectivity index (χ2v) is 6.02. The molecule has 0 aliphatic rings. The molecule has 2 rings (SSSR count). The van der Waals surface area contributed by atoms with Crippen molar-refractivity contribution in [3.8, 4) is 0 Å². The van der Waals surface area contributed by atoms with Crippen molar-refractivity contribution >= 4 is 29.2 Å². The molecule has 0 unspecified atom stereocenters. The second-order valence-electron chi connectivity index (χ2n) is 5.61. The number of nitrogens with one attached hydrogen (secondary N) is 1. The molecule has 0 saturated carbocycles. The minimum atomic E-state index is -0.375.